The molecule has 0 saturated heterocycles. The molecule has 0 bridgehead atoms. The van der Waals surface area contributed by atoms with Crippen molar-refractivity contribution >= 4 is 5.69 Å². The Morgan fingerprint density at radius 3 is 2.47 bits per heavy atom. The maximum Gasteiger partial charge on any atom is 0.0316 e. The molecule has 0 radical (unpaired) electrons. The van der Waals surface area contributed by atoms with Gasteiger partial charge in [-0.25, -0.2) is 0 Å². The van der Waals surface area contributed by atoms with Crippen molar-refractivity contribution in [3.63, 3.8) is 0 Å². The third kappa shape index (κ3) is 5.46. The Hall–Kier alpha value is -0.980. The van der Waals surface area contributed by atoms with E-state index in [2.05, 4.69) is 19.1 Å². The minimum Gasteiger partial charge on any atom is -0.399 e. The van der Waals surface area contributed by atoms with Crippen molar-refractivity contribution in [2.75, 3.05) is 5.73 Å². The molecule has 1 rings (SSSR count). The van der Waals surface area contributed by atoms with Crippen molar-refractivity contribution < 1.29 is 0 Å². The number of unbranched alkanes of at least 4 members (excludes halogenated alkanes) is 5. The molecule has 0 aliphatic heterocycles. The molecule has 15 heavy (non-hydrogen) atoms. The van der Waals surface area contributed by atoms with Crippen molar-refractivity contribution in [3.05, 3.63) is 29.8 Å². The van der Waals surface area contributed by atoms with Gasteiger partial charge in [-0.2, -0.15) is 0 Å². The van der Waals surface area contributed by atoms with Gasteiger partial charge in [0.05, 0.1) is 0 Å². The van der Waals surface area contributed by atoms with Gasteiger partial charge in [0.25, 0.3) is 0 Å². The zero-order valence-electron chi connectivity index (χ0n) is 9.84. The average Bonchev–Trinajstić information content (AvgIpc) is 2.23. The molecule has 0 fully saturated rings. The van der Waals surface area contributed by atoms with E-state index in [0.717, 1.165) is 5.69 Å². The summed E-state index contributed by atoms with van der Waals surface area (Å²) in [5.41, 5.74) is 8.00. The predicted octanol–water partition coefficient (Wildman–Crippen LogP) is 4.17. The van der Waals surface area contributed by atoms with Gasteiger partial charge in [-0.3, -0.25) is 0 Å². The van der Waals surface area contributed by atoms with E-state index in [0.29, 0.717) is 0 Å². The summed E-state index contributed by atoms with van der Waals surface area (Å²) < 4.78 is 0. The number of nitrogens with two attached hydrogens (primary N) is 1. The molecule has 1 heteroatoms. The van der Waals surface area contributed by atoms with Crippen LogP contribution in [0.1, 0.15) is 51.0 Å². The molecule has 1 aromatic carbocycles. The zero-order valence-corrected chi connectivity index (χ0v) is 9.84. The van der Waals surface area contributed by atoms with Crippen molar-refractivity contribution in [1.29, 1.82) is 0 Å². The lowest BCUT2D eigenvalue weighted by Gasteiger charge is -2.02. The van der Waals surface area contributed by atoms with E-state index in [9.17, 15) is 0 Å². The van der Waals surface area contributed by atoms with Crippen LogP contribution in [0.15, 0.2) is 24.3 Å². The summed E-state index contributed by atoms with van der Waals surface area (Å²) >= 11 is 0. The number of hydrogen-bond acceptors (Lipinski definition) is 1. The fourth-order valence-corrected chi connectivity index (χ4v) is 1.86. The highest BCUT2D eigenvalue weighted by molar-refractivity contribution is 5.40. The molecule has 1 nitrogen and oxygen atoms in total. The normalized spacial score (nSPS) is 10.5. The van der Waals surface area contributed by atoms with Gasteiger partial charge in [-0.15, -0.1) is 0 Å². The van der Waals surface area contributed by atoms with Gasteiger partial charge in [0.15, 0.2) is 0 Å². The molecule has 0 aliphatic rings. The molecule has 2 N–H and O–H groups in total. The average molecular weight is 205 g/mol. The van der Waals surface area contributed by atoms with Gasteiger partial charge in [-0.05, 0) is 30.5 Å². The molecule has 0 atom stereocenters. The third-order valence-electron chi connectivity index (χ3n) is 2.77. The molecule has 84 valence electrons. The van der Waals surface area contributed by atoms with Gasteiger partial charge in [0.2, 0.25) is 0 Å². The quantitative estimate of drug-likeness (QED) is 0.524. The Labute approximate surface area is 93.7 Å². The number of aryl methyl sites for hydroxylation is 1. The van der Waals surface area contributed by atoms with Crippen LogP contribution in [0.25, 0.3) is 0 Å². The van der Waals surface area contributed by atoms with Crippen LogP contribution >= 0.6 is 0 Å². The maximum atomic E-state index is 5.73. The minimum atomic E-state index is 0.887. The van der Waals surface area contributed by atoms with Crippen LogP contribution in [0, 0.1) is 0 Å². The van der Waals surface area contributed by atoms with E-state index in [-0.39, 0.29) is 0 Å². The summed E-state index contributed by atoms with van der Waals surface area (Å²) in [6.07, 6.45) is 9.33. The van der Waals surface area contributed by atoms with Crippen LogP contribution in [-0.4, -0.2) is 0 Å². The van der Waals surface area contributed by atoms with E-state index in [1.807, 2.05) is 12.1 Å². The molecule has 0 spiro atoms. The van der Waals surface area contributed by atoms with E-state index in [4.69, 9.17) is 5.73 Å². The lowest BCUT2D eigenvalue weighted by molar-refractivity contribution is 0.607. The fraction of sp³-hybridized carbons (Fsp3) is 0.571. The second kappa shape index (κ2) is 7.33. The van der Waals surface area contributed by atoms with E-state index in [1.54, 1.807) is 0 Å². The van der Waals surface area contributed by atoms with E-state index in [1.165, 1.54) is 50.5 Å². The summed E-state index contributed by atoms with van der Waals surface area (Å²) in [5, 5.41) is 0. The van der Waals surface area contributed by atoms with Crippen molar-refractivity contribution in [2.45, 2.75) is 51.9 Å². The summed E-state index contributed by atoms with van der Waals surface area (Å²) in [6, 6.07) is 8.25. The van der Waals surface area contributed by atoms with Crippen LogP contribution in [-0.2, 0) is 6.42 Å². The highest BCUT2D eigenvalue weighted by Crippen LogP contribution is 2.12. The number of rotatable bonds is 7. The first kappa shape index (κ1) is 12.1. The van der Waals surface area contributed by atoms with E-state index < -0.39 is 0 Å². The Morgan fingerprint density at radius 2 is 1.73 bits per heavy atom. The van der Waals surface area contributed by atoms with Crippen LogP contribution in [0.3, 0.4) is 0 Å². The lowest BCUT2D eigenvalue weighted by Crippen LogP contribution is -1.89. The topological polar surface area (TPSA) is 26.0 Å². The molecule has 1 aromatic rings. The van der Waals surface area contributed by atoms with Gasteiger partial charge in [0, 0.05) is 5.69 Å². The SMILES string of the molecule is CCCCCCCCc1cccc(N)c1. The van der Waals surface area contributed by atoms with Gasteiger partial charge >= 0.3 is 0 Å². The molecule has 0 saturated carbocycles. The number of anilines is 1. The van der Waals surface area contributed by atoms with Crippen molar-refractivity contribution in [1.82, 2.24) is 0 Å². The second-order valence-corrected chi connectivity index (χ2v) is 4.26. The Bertz CT molecular complexity index is 268. The Kier molecular flexibility index (Phi) is 5.91. The summed E-state index contributed by atoms with van der Waals surface area (Å²) in [5.74, 6) is 0. The van der Waals surface area contributed by atoms with Crippen molar-refractivity contribution in [2.24, 2.45) is 0 Å². The first-order chi connectivity index (χ1) is 7.33. The van der Waals surface area contributed by atoms with Gasteiger partial charge < -0.3 is 5.73 Å². The van der Waals surface area contributed by atoms with E-state index >= 15 is 0 Å². The highest BCUT2D eigenvalue weighted by Gasteiger charge is 1.94. The van der Waals surface area contributed by atoms with Crippen LogP contribution < -0.4 is 5.73 Å². The van der Waals surface area contributed by atoms with Crippen LogP contribution in [0.2, 0.25) is 0 Å². The molecule has 0 aromatic heterocycles. The fourth-order valence-electron chi connectivity index (χ4n) is 1.86. The molecular weight excluding hydrogens is 182 g/mol. The molecule has 0 heterocycles. The van der Waals surface area contributed by atoms with Crippen molar-refractivity contribution in [3.8, 4) is 0 Å². The second-order valence-electron chi connectivity index (χ2n) is 4.26. The maximum absolute atomic E-state index is 5.73. The number of nitrogen functional groups attached to an aromatic ring is 1. The number of hydrogen-bond donors (Lipinski definition) is 1. The first-order valence-electron chi connectivity index (χ1n) is 6.17. The Morgan fingerprint density at radius 1 is 1.00 bits per heavy atom. The third-order valence-corrected chi connectivity index (χ3v) is 2.77. The highest BCUT2D eigenvalue weighted by atomic mass is 14.5. The van der Waals surface area contributed by atoms with Crippen LogP contribution in [0.5, 0.6) is 0 Å². The first-order valence-corrected chi connectivity index (χ1v) is 6.17. The minimum absolute atomic E-state index is 0.887. The van der Waals surface area contributed by atoms with Gasteiger partial charge in [-0.1, -0.05) is 51.2 Å². The Balaban J connectivity index is 2.10. The standard InChI is InChI=1S/C14H23N/c1-2-3-4-5-6-7-9-13-10-8-11-14(15)12-13/h8,10-12H,2-7,9,15H2,1H3. The zero-order chi connectivity index (χ0) is 10.9. The number of benzene rings is 1. The molecular formula is C14H23N. The summed E-state index contributed by atoms with van der Waals surface area (Å²) in [4.78, 5) is 0. The summed E-state index contributed by atoms with van der Waals surface area (Å²) in [7, 11) is 0. The van der Waals surface area contributed by atoms with Gasteiger partial charge in [0.1, 0.15) is 0 Å². The largest absolute Gasteiger partial charge is 0.399 e. The molecule has 0 unspecified atom stereocenters. The molecule has 0 amide bonds. The monoisotopic (exact) mass is 205 g/mol. The summed E-state index contributed by atoms with van der Waals surface area (Å²) in [6.45, 7) is 2.26. The smallest absolute Gasteiger partial charge is 0.0316 e. The lowest BCUT2D eigenvalue weighted by atomic mass is 10.0. The predicted molar refractivity (Wildman–Crippen MR) is 67.9 cm³/mol. The van der Waals surface area contributed by atoms with Crippen LogP contribution in [0.4, 0.5) is 5.69 Å². The molecule has 0 aliphatic carbocycles.